The summed E-state index contributed by atoms with van der Waals surface area (Å²) in [5.74, 6) is 2.95. The first kappa shape index (κ1) is 21.0. The van der Waals surface area contributed by atoms with Crippen LogP contribution in [0.4, 0.5) is 0 Å². The van der Waals surface area contributed by atoms with Gasteiger partial charge < -0.3 is 16.9 Å². The number of terminal acetylenes is 1. The first-order valence-electron chi connectivity index (χ1n) is 7.29. The average Bonchev–Trinajstić information content (AvgIpc) is 2.45. The monoisotopic (exact) mass is 439 g/mol. The number of hydrogen-bond acceptors (Lipinski definition) is 0. The third-order valence-corrected chi connectivity index (χ3v) is 5.65. The number of nitrogens with zero attached hydrogens (tertiary/aromatic N) is 1. The van der Waals surface area contributed by atoms with Crippen molar-refractivity contribution >= 4 is 34.2 Å². The third-order valence-electron chi connectivity index (χ3n) is 3.74. The van der Waals surface area contributed by atoms with E-state index in [1.165, 1.54) is 5.56 Å². The Hall–Kier alpha value is 0.0500. The fourth-order valence-corrected chi connectivity index (χ4v) is 3.83. The van der Waals surface area contributed by atoms with E-state index in [1.807, 2.05) is 12.1 Å². The van der Waals surface area contributed by atoms with Crippen molar-refractivity contribution in [1.29, 1.82) is 0 Å². The first-order valence-corrected chi connectivity index (χ1v) is 8.91. The Bertz CT molecular complexity index is 450. The fraction of sp³-hybridized carbons (Fsp3) is 0.529. The summed E-state index contributed by atoms with van der Waals surface area (Å²) in [7, 11) is 0. The second kappa shape index (κ2) is 10.7. The van der Waals surface area contributed by atoms with E-state index in [0.29, 0.717) is 0 Å². The fourth-order valence-electron chi connectivity index (χ4n) is 2.77. The van der Waals surface area contributed by atoms with E-state index >= 15 is 0 Å². The van der Waals surface area contributed by atoms with Gasteiger partial charge in [-0.25, -0.2) is 0 Å². The lowest BCUT2D eigenvalue weighted by molar-refractivity contribution is -0.927. The molecule has 0 saturated heterocycles. The highest BCUT2D eigenvalue weighted by Crippen LogP contribution is 2.24. The van der Waals surface area contributed by atoms with Gasteiger partial charge in [0.2, 0.25) is 4.05 Å². The Labute approximate surface area is 154 Å². The van der Waals surface area contributed by atoms with Gasteiger partial charge in [-0.15, -0.1) is 6.42 Å². The molecule has 4 heteroatoms. The summed E-state index contributed by atoms with van der Waals surface area (Å²) in [6.07, 6.45) is 9.02. The van der Waals surface area contributed by atoms with Gasteiger partial charge >= 0.3 is 0 Å². The van der Waals surface area contributed by atoms with Crippen molar-refractivity contribution in [3.05, 3.63) is 34.9 Å². The van der Waals surface area contributed by atoms with Gasteiger partial charge in [0.05, 0.1) is 19.6 Å². The second-order valence-electron chi connectivity index (χ2n) is 5.23. The van der Waals surface area contributed by atoms with Crippen LogP contribution in [0, 0.1) is 12.3 Å². The molecule has 0 fully saturated rings. The van der Waals surface area contributed by atoms with Gasteiger partial charge in [0.15, 0.2) is 0 Å². The normalized spacial score (nSPS) is 12.3. The summed E-state index contributed by atoms with van der Waals surface area (Å²) in [6.45, 7) is 7.80. The van der Waals surface area contributed by atoms with Crippen molar-refractivity contribution in [2.24, 2.45) is 0 Å². The summed E-state index contributed by atoms with van der Waals surface area (Å²) in [4.78, 5) is 0. The van der Waals surface area contributed by atoms with Gasteiger partial charge in [-0.05, 0) is 30.4 Å². The number of quaternary nitrogens is 1. The van der Waals surface area contributed by atoms with Crippen LogP contribution in [0.3, 0.4) is 0 Å². The highest BCUT2D eigenvalue weighted by molar-refractivity contribution is 14.1. The third kappa shape index (κ3) is 5.98. The zero-order chi connectivity index (χ0) is 15.0. The largest absolute Gasteiger partial charge is 1.00 e. The predicted molar refractivity (Wildman–Crippen MR) is 97.2 cm³/mol. The molecule has 1 unspecified atom stereocenters. The highest BCUT2D eigenvalue weighted by atomic mass is 127. The number of hydrogen-bond donors (Lipinski definition) is 0. The average molecular weight is 440 g/mol. The van der Waals surface area contributed by atoms with E-state index in [-0.39, 0.29) is 16.5 Å². The van der Waals surface area contributed by atoms with Crippen LogP contribution in [0.25, 0.3) is 0 Å². The molecular formula is C17H24Cl2IN. The molecule has 0 bridgehead atoms. The van der Waals surface area contributed by atoms with Crippen LogP contribution in [-0.4, -0.2) is 28.2 Å². The minimum Gasteiger partial charge on any atom is -1.00 e. The second-order valence-corrected chi connectivity index (χ2v) is 6.82. The summed E-state index contributed by atoms with van der Waals surface area (Å²) < 4.78 is 1.23. The zero-order valence-corrected chi connectivity index (χ0v) is 16.5. The summed E-state index contributed by atoms with van der Waals surface area (Å²) in [5, 5.41) is 0.865. The lowest BCUT2D eigenvalue weighted by Crippen LogP contribution is -3.00. The van der Waals surface area contributed by atoms with E-state index in [4.69, 9.17) is 18.0 Å². The topological polar surface area (TPSA) is 0 Å². The maximum Gasteiger partial charge on any atom is 0.200 e. The Morgan fingerprint density at radius 3 is 2.24 bits per heavy atom. The molecule has 1 atom stereocenters. The van der Waals surface area contributed by atoms with E-state index in [1.54, 1.807) is 0 Å². The molecule has 0 amide bonds. The van der Waals surface area contributed by atoms with Crippen LogP contribution in [0.2, 0.25) is 5.02 Å². The number of alkyl halides is 1. The Morgan fingerprint density at radius 2 is 1.76 bits per heavy atom. The number of rotatable bonds is 8. The summed E-state index contributed by atoms with van der Waals surface area (Å²) >= 11 is 8.69. The van der Waals surface area contributed by atoms with E-state index in [9.17, 15) is 0 Å². The molecule has 0 spiro atoms. The maximum atomic E-state index is 6.27. The molecule has 118 valence electrons. The minimum atomic E-state index is 0. The van der Waals surface area contributed by atoms with Gasteiger partial charge in [-0.2, -0.15) is 0 Å². The SMILES string of the molecule is C#CC(I)[N+](CCC)(CCC)CCc1ccccc1Cl.[Cl-]. The summed E-state index contributed by atoms with van der Waals surface area (Å²) in [5.41, 5.74) is 1.23. The quantitative estimate of drug-likeness (QED) is 0.191. The molecule has 0 N–H and O–H groups in total. The Balaban J connectivity index is 0.00000400. The molecule has 21 heavy (non-hydrogen) atoms. The molecule has 0 aliphatic carbocycles. The molecule has 1 aromatic rings. The zero-order valence-electron chi connectivity index (χ0n) is 12.8. The van der Waals surface area contributed by atoms with Crippen LogP contribution in [-0.2, 0) is 6.42 Å². The van der Waals surface area contributed by atoms with Crippen molar-refractivity contribution in [3.8, 4) is 12.3 Å². The van der Waals surface area contributed by atoms with Gasteiger partial charge in [-0.1, -0.05) is 43.6 Å². The van der Waals surface area contributed by atoms with Crippen molar-refractivity contribution in [1.82, 2.24) is 0 Å². The smallest absolute Gasteiger partial charge is 0.200 e. The van der Waals surface area contributed by atoms with E-state index in [0.717, 1.165) is 48.4 Å². The number of benzene rings is 1. The van der Waals surface area contributed by atoms with Crippen molar-refractivity contribution in [2.45, 2.75) is 37.2 Å². The summed E-state index contributed by atoms with van der Waals surface area (Å²) in [6, 6.07) is 8.12. The lowest BCUT2D eigenvalue weighted by atomic mass is 10.1. The van der Waals surface area contributed by atoms with Crippen LogP contribution >= 0.6 is 34.2 Å². The van der Waals surface area contributed by atoms with Gasteiger partial charge in [0, 0.05) is 34.0 Å². The molecular weight excluding hydrogens is 416 g/mol. The molecule has 0 saturated carbocycles. The van der Waals surface area contributed by atoms with Crippen molar-refractivity contribution in [2.75, 3.05) is 19.6 Å². The van der Waals surface area contributed by atoms with E-state index < -0.39 is 0 Å². The maximum absolute atomic E-state index is 6.27. The van der Waals surface area contributed by atoms with Gasteiger partial charge in [0.1, 0.15) is 0 Å². The Kier molecular flexibility index (Phi) is 10.7. The first-order chi connectivity index (χ1) is 9.59. The highest BCUT2D eigenvalue weighted by Gasteiger charge is 2.32. The molecule has 0 aliphatic rings. The molecule has 0 aliphatic heterocycles. The number of halogens is 3. The molecule has 0 aromatic heterocycles. The lowest BCUT2D eigenvalue weighted by Gasteiger charge is -2.40. The van der Waals surface area contributed by atoms with Crippen LogP contribution < -0.4 is 12.4 Å². The minimum absolute atomic E-state index is 0. The van der Waals surface area contributed by atoms with Crippen LogP contribution in [0.1, 0.15) is 32.3 Å². The van der Waals surface area contributed by atoms with Gasteiger partial charge in [0.25, 0.3) is 0 Å². The Morgan fingerprint density at radius 1 is 1.19 bits per heavy atom. The predicted octanol–water partition coefficient (Wildman–Crippen LogP) is 1.92. The molecule has 0 heterocycles. The van der Waals surface area contributed by atoms with Crippen LogP contribution in [0.15, 0.2) is 24.3 Å². The van der Waals surface area contributed by atoms with E-state index in [2.05, 4.69) is 54.5 Å². The molecule has 1 aromatic carbocycles. The van der Waals surface area contributed by atoms with Crippen molar-refractivity contribution in [3.63, 3.8) is 0 Å². The molecule has 0 radical (unpaired) electrons. The standard InChI is InChI=1S/C17H24ClIN.ClH/c1-4-12-20(13-5-2,17(19)6-3)14-11-15-9-7-8-10-16(15)18;/h3,7-10,17H,4-5,11-14H2,1-2H3;1H/q+1;/p-1. The molecule has 1 nitrogen and oxygen atoms in total. The van der Waals surface area contributed by atoms with Crippen molar-refractivity contribution < 1.29 is 16.9 Å². The van der Waals surface area contributed by atoms with Crippen LogP contribution in [0.5, 0.6) is 0 Å². The van der Waals surface area contributed by atoms with Gasteiger partial charge in [-0.3, -0.25) is 0 Å². The molecule has 1 rings (SSSR count).